The minimum Gasteiger partial charge on any atom is -0.378 e. The summed E-state index contributed by atoms with van der Waals surface area (Å²) >= 11 is 0. The van der Waals surface area contributed by atoms with Crippen LogP contribution in [0.25, 0.3) is 0 Å². The van der Waals surface area contributed by atoms with Crippen molar-refractivity contribution in [2.45, 2.75) is 31.7 Å². The van der Waals surface area contributed by atoms with Crippen molar-refractivity contribution >= 4 is 11.8 Å². The summed E-state index contributed by atoms with van der Waals surface area (Å²) in [5.74, 6) is 0.176. The predicted octanol–water partition coefficient (Wildman–Crippen LogP) is -0.164. The van der Waals surface area contributed by atoms with E-state index in [-0.39, 0.29) is 11.8 Å². The van der Waals surface area contributed by atoms with Crippen molar-refractivity contribution in [2.75, 3.05) is 46.4 Å². The number of hydrogen-bond acceptors (Lipinski definition) is 4. The van der Waals surface area contributed by atoms with E-state index in [2.05, 4.69) is 5.32 Å². The number of ether oxygens (including phenoxy) is 1. The first-order valence-electron chi connectivity index (χ1n) is 7.51. The highest BCUT2D eigenvalue weighted by Gasteiger charge is 2.24. The number of nitrogens with zero attached hydrogens (tertiary/aromatic N) is 2. The van der Waals surface area contributed by atoms with Crippen LogP contribution in [0.4, 0.5) is 0 Å². The minimum absolute atomic E-state index is 0.0730. The summed E-state index contributed by atoms with van der Waals surface area (Å²) in [4.78, 5) is 27.8. The quantitative estimate of drug-likeness (QED) is 0.778. The van der Waals surface area contributed by atoms with E-state index in [0.717, 1.165) is 25.9 Å². The number of likely N-dealkylation sites (N-methyl/N-ethyl adjacent to an activating group) is 1. The predicted molar refractivity (Wildman–Crippen MR) is 75.3 cm³/mol. The molecule has 0 aromatic rings. The average Bonchev–Trinajstić information content (AvgIpc) is 2.53. The summed E-state index contributed by atoms with van der Waals surface area (Å²) in [5.41, 5.74) is 0. The smallest absolute Gasteiger partial charge is 0.223 e. The number of carbonyl (C=O) groups excluding carboxylic acids is 2. The highest BCUT2D eigenvalue weighted by Crippen LogP contribution is 2.12. The van der Waals surface area contributed by atoms with Gasteiger partial charge >= 0.3 is 0 Å². The van der Waals surface area contributed by atoms with E-state index >= 15 is 0 Å². The second kappa shape index (κ2) is 7.59. The number of rotatable bonds is 4. The van der Waals surface area contributed by atoms with Crippen LogP contribution < -0.4 is 5.32 Å². The fourth-order valence-corrected chi connectivity index (χ4v) is 2.78. The average molecular weight is 283 g/mol. The van der Waals surface area contributed by atoms with Gasteiger partial charge in [0.05, 0.1) is 13.2 Å². The summed E-state index contributed by atoms with van der Waals surface area (Å²) in [5, 5.41) is 3.22. The molecular formula is C14H25N3O3. The van der Waals surface area contributed by atoms with Crippen molar-refractivity contribution in [2.24, 2.45) is 0 Å². The van der Waals surface area contributed by atoms with Gasteiger partial charge in [-0.15, -0.1) is 0 Å². The normalized spacial score (nSPS) is 23.8. The van der Waals surface area contributed by atoms with Crippen molar-refractivity contribution < 1.29 is 14.3 Å². The maximum Gasteiger partial charge on any atom is 0.223 e. The molecule has 6 heteroatoms. The van der Waals surface area contributed by atoms with Crippen molar-refractivity contribution in [3.05, 3.63) is 0 Å². The zero-order chi connectivity index (χ0) is 14.4. The highest BCUT2D eigenvalue weighted by molar-refractivity contribution is 5.84. The van der Waals surface area contributed by atoms with Crippen LogP contribution in [0, 0.1) is 0 Å². The summed E-state index contributed by atoms with van der Waals surface area (Å²) in [6.07, 6.45) is 2.80. The van der Waals surface area contributed by atoms with Crippen molar-refractivity contribution in [1.82, 2.24) is 15.1 Å². The standard InChI is InChI=1S/C14H25N3O3/c1-15-12-3-2-6-17(11-12)14(19)5-4-13(18)16-7-9-20-10-8-16/h12,15H,2-11H2,1H3. The Kier molecular flexibility index (Phi) is 5.79. The van der Waals surface area contributed by atoms with Gasteiger partial charge in [0.1, 0.15) is 0 Å². The number of piperidine rings is 1. The Morgan fingerprint density at radius 3 is 2.40 bits per heavy atom. The highest BCUT2D eigenvalue weighted by atomic mass is 16.5. The van der Waals surface area contributed by atoms with E-state index in [1.807, 2.05) is 11.9 Å². The van der Waals surface area contributed by atoms with Gasteiger partial charge in [-0.25, -0.2) is 0 Å². The SMILES string of the molecule is CNC1CCCN(C(=O)CCC(=O)N2CCOCC2)C1. The Morgan fingerprint density at radius 2 is 1.75 bits per heavy atom. The molecule has 1 N–H and O–H groups in total. The fourth-order valence-electron chi connectivity index (χ4n) is 2.78. The van der Waals surface area contributed by atoms with Gasteiger partial charge in [0.25, 0.3) is 0 Å². The third-order valence-electron chi connectivity index (χ3n) is 4.10. The summed E-state index contributed by atoms with van der Waals surface area (Å²) in [6.45, 7) is 4.10. The lowest BCUT2D eigenvalue weighted by Crippen LogP contribution is -2.47. The van der Waals surface area contributed by atoms with Gasteiger partial charge in [-0.3, -0.25) is 9.59 Å². The zero-order valence-corrected chi connectivity index (χ0v) is 12.3. The monoisotopic (exact) mass is 283 g/mol. The van der Waals surface area contributed by atoms with Gasteiger partial charge in [-0.05, 0) is 19.9 Å². The fraction of sp³-hybridized carbons (Fsp3) is 0.857. The molecule has 0 bridgehead atoms. The lowest BCUT2D eigenvalue weighted by Gasteiger charge is -2.33. The number of likely N-dealkylation sites (tertiary alicyclic amines) is 1. The molecule has 2 amide bonds. The van der Waals surface area contributed by atoms with E-state index in [9.17, 15) is 9.59 Å². The number of carbonyl (C=O) groups is 2. The Morgan fingerprint density at radius 1 is 1.10 bits per heavy atom. The maximum atomic E-state index is 12.1. The van der Waals surface area contributed by atoms with Crippen LogP contribution in [0.5, 0.6) is 0 Å². The van der Waals surface area contributed by atoms with Crippen molar-refractivity contribution in [3.8, 4) is 0 Å². The third kappa shape index (κ3) is 4.18. The molecule has 2 fully saturated rings. The van der Waals surface area contributed by atoms with Crippen LogP contribution in [-0.2, 0) is 14.3 Å². The van der Waals surface area contributed by atoms with Gasteiger partial charge in [-0.2, -0.15) is 0 Å². The van der Waals surface area contributed by atoms with Crippen LogP contribution in [0.15, 0.2) is 0 Å². The Hall–Kier alpha value is -1.14. The second-order valence-electron chi connectivity index (χ2n) is 5.46. The number of amides is 2. The molecule has 0 aromatic carbocycles. The molecule has 2 aliphatic heterocycles. The van der Waals surface area contributed by atoms with Gasteiger partial charge in [-0.1, -0.05) is 0 Å². The summed E-state index contributed by atoms with van der Waals surface area (Å²) in [7, 11) is 1.93. The van der Waals surface area contributed by atoms with Crippen molar-refractivity contribution in [1.29, 1.82) is 0 Å². The van der Waals surface area contributed by atoms with Crippen LogP contribution in [-0.4, -0.2) is 74.1 Å². The van der Waals surface area contributed by atoms with Gasteiger partial charge in [0, 0.05) is 45.1 Å². The van der Waals surface area contributed by atoms with E-state index in [4.69, 9.17) is 4.74 Å². The molecule has 2 aliphatic rings. The Balaban J connectivity index is 1.72. The summed E-state index contributed by atoms with van der Waals surface area (Å²) in [6, 6.07) is 0.391. The first kappa shape index (κ1) is 15.3. The van der Waals surface area contributed by atoms with Gasteiger partial charge in [0.2, 0.25) is 11.8 Å². The van der Waals surface area contributed by atoms with Gasteiger partial charge in [0.15, 0.2) is 0 Å². The first-order valence-corrected chi connectivity index (χ1v) is 7.51. The molecule has 114 valence electrons. The molecule has 1 unspecified atom stereocenters. The molecule has 1 atom stereocenters. The molecule has 0 saturated carbocycles. The first-order chi connectivity index (χ1) is 9.70. The molecule has 2 rings (SSSR count). The van der Waals surface area contributed by atoms with E-state index in [0.29, 0.717) is 45.2 Å². The topological polar surface area (TPSA) is 61.9 Å². The number of morpholine rings is 1. The molecule has 0 radical (unpaired) electrons. The lowest BCUT2D eigenvalue weighted by molar-refractivity contribution is -0.139. The van der Waals surface area contributed by atoms with Crippen LogP contribution in [0.2, 0.25) is 0 Å². The maximum absolute atomic E-state index is 12.1. The van der Waals surface area contributed by atoms with Crippen molar-refractivity contribution in [3.63, 3.8) is 0 Å². The largest absolute Gasteiger partial charge is 0.378 e. The molecule has 20 heavy (non-hydrogen) atoms. The number of hydrogen-bond donors (Lipinski definition) is 1. The van der Waals surface area contributed by atoms with E-state index < -0.39 is 0 Å². The zero-order valence-electron chi connectivity index (χ0n) is 12.3. The molecule has 0 aliphatic carbocycles. The molecular weight excluding hydrogens is 258 g/mol. The van der Waals surface area contributed by atoms with Crippen LogP contribution in [0.3, 0.4) is 0 Å². The second-order valence-corrected chi connectivity index (χ2v) is 5.46. The minimum atomic E-state index is 0.0730. The van der Waals surface area contributed by atoms with Crippen LogP contribution in [0.1, 0.15) is 25.7 Å². The summed E-state index contributed by atoms with van der Waals surface area (Å²) < 4.78 is 5.22. The molecule has 2 saturated heterocycles. The number of nitrogens with one attached hydrogen (secondary N) is 1. The third-order valence-corrected chi connectivity index (χ3v) is 4.10. The van der Waals surface area contributed by atoms with E-state index in [1.165, 1.54) is 0 Å². The lowest BCUT2D eigenvalue weighted by atomic mass is 10.1. The molecule has 2 heterocycles. The molecule has 0 aromatic heterocycles. The van der Waals surface area contributed by atoms with Crippen LogP contribution >= 0.6 is 0 Å². The molecule has 6 nitrogen and oxygen atoms in total. The van der Waals surface area contributed by atoms with E-state index in [1.54, 1.807) is 4.90 Å². The Bertz CT molecular complexity index is 343. The Labute approximate surface area is 120 Å². The molecule has 0 spiro atoms. The van der Waals surface area contributed by atoms with Gasteiger partial charge < -0.3 is 19.9 Å².